The number of rotatable bonds is 5. The van der Waals surface area contributed by atoms with E-state index in [0.29, 0.717) is 16.8 Å². The monoisotopic (exact) mass is 371 g/mol. The molecule has 0 bridgehead atoms. The van der Waals surface area contributed by atoms with Gasteiger partial charge in [0.25, 0.3) is 0 Å². The molecular formula is C15H19BrClN3O. The van der Waals surface area contributed by atoms with Crippen LogP contribution in [0.2, 0.25) is 5.02 Å². The molecule has 0 saturated carbocycles. The van der Waals surface area contributed by atoms with Crippen LogP contribution in [0.1, 0.15) is 33.1 Å². The Hall–Kier alpha value is -0.910. The van der Waals surface area contributed by atoms with Crippen molar-refractivity contribution in [3.63, 3.8) is 0 Å². The molecule has 4 nitrogen and oxygen atoms in total. The fraction of sp³-hybridized carbons (Fsp3) is 0.467. The van der Waals surface area contributed by atoms with Crippen molar-refractivity contribution >= 4 is 27.5 Å². The van der Waals surface area contributed by atoms with Crippen LogP contribution in [0.15, 0.2) is 27.1 Å². The van der Waals surface area contributed by atoms with Crippen LogP contribution >= 0.6 is 27.5 Å². The minimum Gasteiger partial charge on any atom is -0.421 e. The van der Waals surface area contributed by atoms with Crippen LogP contribution in [0.4, 0.5) is 0 Å². The van der Waals surface area contributed by atoms with Crippen molar-refractivity contribution in [2.75, 3.05) is 6.54 Å². The van der Waals surface area contributed by atoms with E-state index in [1.807, 2.05) is 18.2 Å². The zero-order chi connectivity index (χ0) is 15.5. The van der Waals surface area contributed by atoms with Gasteiger partial charge in [0.1, 0.15) is 0 Å². The number of nitrogens with zero attached hydrogens (tertiary/aromatic N) is 2. The summed E-state index contributed by atoms with van der Waals surface area (Å²) >= 11 is 9.47. The van der Waals surface area contributed by atoms with E-state index in [4.69, 9.17) is 16.0 Å². The highest BCUT2D eigenvalue weighted by atomic mass is 79.9. The molecule has 0 aliphatic rings. The van der Waals surface area contributed by atoms with Crippen LogP contribution < -0.4 is 5.32 Å². The van der Waals surface area contributed by atoms with Crippen LogP contribution in [0.5, 0.6) is 0 Å². The van der Waals surface area contributed by atoms with Gasteiger partial charge in [0.15, 0.2) is 0 Å². The highest BCUT2D eigenvalue weighted by molar-refractivity contribution is 9.10. The van der Waals surface area contributed by atoms with Crippen LogP contribution in [0.25, 0.3) is 11.5 Å². The molecule has 2 aromatic rings. The summed E-state index contributed by atoms with van der Waals surface area (Å²) in [7, 11) is 0. The van der Waals surface area contributed by atoms with Crippen LogP contribution in [0.3, 0.4) is 0 Å². The predicted octanol–water partition coefficient (Wildman–Crippen LogP) is 4.47. The first kappa shape index (κ1) is 16.5. The number of benzene rings is 1. The zero-order valence-electron chi connectivity index (χ0n) is 12.4. The van der Waals surface area contributed by atoms with E-state index in [1.54, 1.807) is 0 Å². The summed E-state index contributed by atoms with van der Waals surface area (Å²) in [5.41, 5.74) is 0.945. The van der Waals surface area contributed by atoms with E-state index in [-0.39, 0.29) is 5.54 Å². The third-order valence-corrected chi connectivity index (χ3v) is 3.78. The lowest BCUT2D eigenvalue weighted by Gasteiger charge is -2.19. The Morgan fingerprint density at radius 3 is 2.76 bits per heavy atom. The van der Waals surface area contributed by atoms with E-state index in [2.05, 4.69) is 52.2 Å². The van der Waals surface area contributed by atoms with Crippen molar-refractivity contribution in [1.82, 2.24) is 15.5 Å². The van der Waals surface area contributed by atoms with Gasteiger partial charge < -0.3 is 9.73 Å². The molecule has 0 saturated heterocycles. The molecule has 0 fully saturated rings. The van der Waals surface area contributed by atoms with E-state index < -0.39 is 0 Å². The van der Waals surface area contributed by atoms with Gasteiger partial charge in [-0.15, -0.1) is 10.2 Å². The minimum atomic E-state index is 0.131. The molecule has 1 N–H and O–H groups in total. The average Bonchev–Trinajstić information content (AvgIpc) is 2.85. The first-order valence-corrected chi connectivity index (χ1v) is 8.05. The number of nitrogens with one attached hydrogen (secondary N) is 1. The minimum absolute atomic E-state index is 0.131. The molecule has 0 spiro atoms. The molecule has 1 aromatic heterocycles. The average molecular weight is 373 g/mol. The molecule has 0 aliphatic heterocycles. The summed E-state index contributed by atoms with van der Waals surface area (Å²) in [5.74, 6) is 1.13. The fourth-order valence-corrected chi connectivity index (χ4v) is 2.42. The maximum absolute atomic E-state index is 6.00. The van der Waals surface area contributed by atoms with Gasteiger partial charge in [-0.1, -0.05) is 11.6 Å². The van der Waals surface area contributed by atoms with Gasteiger partial charge in [-0.25, -0.2) is 0 Å². The van der Waals surface area contributed by atoms with Gasteiger partial charge in [0.2, 0.25) is 11.8 Å². The molecule has 2 rings (SSSR count). The lowest BCUT2D eigenvalue weighted by Crippen LogP contribution is -2.36. The molecule has 6 heteroatoms. The second-order valence-corrected chi connectivity index (χ2v) is 7.20. The van der Waals surface area contributed by atoms with Gasteiger partial charge in [0.05, 0.1) is 5.56 Å². The van der Waals surface area contributed by atoms with Crippen molar-refractivity contribution in [2.24, 2.45) is 0 Å². The quantitative estimate of drug-likeness (QED) is 0.787. The second kappa shape index (κ2) is 6.90. The number of aromatic nitrogens is 2. The van der Waals surface area contributed by atoms with Crippen molar-refractivity contribution < 1.29 is 4.42 Å². The topological polar surface area (TPSA) is 51.0 Å². The third-order valence-electron chi connectivity index (χ3n) is 2.85. The van der Waals surface area contributed by atoms with Crippen LogP contribution in [-0.2, 0) is 6.42 Å². The summed E-state index contributed by atoms with van der Waals surface area (Å²) in [6.07, 6.45) is 1.71. The maximum Gasteiger partial charge on any atom is 0.248 e. The Morgan fingerprint density at radius 1 is 1.29 bits per heavy atom. The van der Waals surface area contributed by atoms with E-state index in [1.165, 1.54) is 0 Å². The van der Waals surface area contributed by atoms with Gasteiger partial charge in [0, 0.05) is 21.5 Å². The molecular weight excluding hydrogens is 354 g/mol. The molecule has 0 aliphatic carbocycles. The van der Waals surface area contributed by atoms with E-state index in [9.17, 15) is 0 Å². The number of halogens is 2. The molecule has 0 unspecified atom stereocenters. The lowest BCUT2D eigenvalue weighted by molar-refractivity contribution is 0.412. The fourth-order valence-electron chi connectivity index (χ4n) is 1.83. The Labute approximate surface area is 138 Å². The molecule has 1 heterocycles. The SMILES string of the molecule is CC(C)(C)NCCCc1nnc(-c2cc(Cl)ccc2Br)o1. The van der Waals surface area contributed by atoms with Gasteiger partial charge in [-0.3, -0.25) is 0 Å². The van der Waals surface area contributed by atoms with Crippen molar-refractivity contribution in [3.8, 4) is 11.5 Å². The van der Waals surface area contributed by atoms with Crippen molar-refractivity contribution in [3.05, 3.63) is 33.6 Å². The summed E-state index contributed by atoms with van der Waals surface area (Å²) in [5, 5.41) is 12.3. The summed E-state index contributed by atoms with van der Waals surface area (Å²) in [6, 6.07) is 5.49. The second-order valence-electron chi connectivity index (χ2n) is 5.91. The third kappa shape index (κ3) is 5.09. The summed E-state index contributed by atoms with van der Waals surface area (Å²) in [6.45, 7) is 7.36. The first-order chi connectivity index (χ1) is 9.85. The smallest absolute Gasteiger partial charge is 0.248 e. The Morgan fingerprint density at radius 2 is 2.05 bits per heavy atom. The molecule has 1 aromatic carbocycles. The van der Waals surface area contributed by atoms with Crippen LogP contribution in [-0.4, -0.2) is 22.3 Å². The van der Waals surface area contributed by atoms with Crippen molar-refractivity contribution in [2.45, 2.75) is 39.2 Å². The standard InChI is InChI=1S/C15H19BrClN3O/c1-15(2,3)18-8-4-5-13-19-20-14(21-13)11-9-10(17)6-7-12(11)16/h6-7,9,18H,4-5,8H2,1-3H3. The Kier molecular flexibility index (Phi) is 5.41. The van der Waals surface area contributed by atoms with E-state index in [0.717, 1.165) is 29.4 Å². The molecule has 114 valence electrons. The predicted molar refractivity (Wildman–Crippen MR) is 88.5 cm³/mol. The normalized spacial score (nSPS) is 11.9. The Bertz CT molecular complexity index is 607. The summed E-state index contributed by atoms with van der Waals surface area (Å²) < 4.78 is 6.58. The van der Waals surface area contributed by atoms with Gasteiger partial charge in [-0.2, -0.15) is 0 Å². The summed E-state index contributed by atoms with van der Waals surface area (Å²) in [4.78, 5) is 0. The highest BCUT2D eigenvalue weighted by Gasteiger charge is 2.13. The van der Waals surface area contributed by atoms with Crippen LogP contribution in [0, 0.1) is 0 Å². The molecule has 21 heavy (non-hydrogen) atoms. The number of aryl methyl sites for hydroxylation is 1. The zero-order valence-corrected chi connectivity index (χ0v) is 14.8. The van der Waals surface area contributed by atoms with Gasteiger partial charge in [-0.05, 0) is 67.9 Å². The molecule has 0 atom stereocenters. The van der Waals surface area contributed by atoms with Gasteiger partial charge >= 0.3 is 0 Å². The molecule has 0 radical (unpaired) electrons. The maximum atomic E-state index is 6.00. The van der Waals surface area contributed by atoms with Crippen molar-refractivity contribution in [1.29, 1.82) is 0 Å². The molecule has 0 amide bonds. The largest absolute Gasteiger partial charge is 0.421 e. The van der Waals surface area contributed by atoms with E-state index >= 15 is 0 Å². The highest BCUT2D eigenvalue weighted by Crippen LogP contribution is 2.30. The number of hydrogen-bond acceptors (Lipinski definition) is 4. The lowest BCUT2D eigenvalue weighted by atomic mass is 10.1. The Balaban J connectivity index is 1.97. The number of hydrogen-bond donors (Lipinski definition) is 1. The first-order valence-electron chi connectivity index (χ1n) is 6.88.